The fourth-order valence-electron chi connectivity index (χ4n) is 2.73. The van der Waals surface area contributed by atoms with Crippen molar-refractivity contribution in [3.8, 4) is 0 Å². The highest BCUT2D eigenvalue weighted by molar-refractivity contribution is 6.04. The molecule has 3 aromatic carbocycles. The Labute approximate surface area is 181 Å². The third-order valence-corrected chi connectivity index (χ3v) is 4.38. The summed E-state index contributed by atoms with van der Waals surface area (Å²) in [5.74, 6) is -3.76. The molecule has 0 aromatic heterocycles. The number of carbonyl (C=O) groups excluding carboxylic acids is 3. The minimum Gasteiger partial charge on any atom is -0.350 e. The summed E-state index contributed by atoms with van der Waals surface area (Å²) in [5.41, 5.74) is 0.761. The van der Waals surface area contributed by atoms with Gasteiger partial charge in [0.05, 0.1) is 5.56 Å². The first-order valence-corrected chi connectivity index (χ1v) is 9.52. The van der Waals surface area contributed by atoms with Crippen LogP contribution >= 0.6 is 0 Å². The number of anilines is 1. The quantitative estimate of drug-likeness (QED) is 0.491. The van der Waals surface area contributed by atoms with Crippen LogP contribution in [0.3, 0.4) is 0 Å². The molecule has 0 atom stereocenters. The molecule has 0 saturated carbocycles. The van der Waals surface area contributed by atoms with Crippen LogP contribution in [0, 0.1) is 17.5 Å². The summed E-state index contributed by atoms with van der Waals surface area (Å²) in [5, 5.41) is 7.66. The molecule has 3 N–H and O–H groups in total. The molecule has 0 unspecified atom stereocenters. The van der Waals surface area contributed by atoms with E-state index in [1.807, 2.05) is 0 Å². The van der Waals surface area contributed by atoms with Gasteiger partial charge in [0, 0.05) is 36.0 Å². The van der Waals surface area contributed by atoms with Crippen LogP contribution in [0.2, 0.25) is 0 Å². The molecule has 0 saturated heterocycles. The summed E-state index contributed by atoms with van der Waals surface area (Å²) in [4.78, 5) is 36.2. The average molecular weight is 441 g/mol. The molecule has 3 rings (SSSR count). The van der Waals surface area contributed by atoms with E-state index >= 15 is 0 Å². The SMILES string of the molecule is O=C(NCCNC(=O)c1ccc(F)cc1F)c1ccc(NC(=O)c2ccc(F)cc2)cc1. The zero-order valence-corrected chi connectivity index (χ0v) is 16.6. The maximum atomic E-state index is 13.6. The Bertz CT molecular complexity index is 1130. The van der Waals surface area contributed by atoms with Gasteiger partial charge in [-0.1, -0.05) is 0 Å². The van der Waals surface area contributed by atoms with Crippen molar-refractivity contribution in [2.24, 2.45) is 0 Å². The van der Waals surface area contributed by atoms with Crippen molar-refractivity contribution >= 4 is 23.4 Å². The van der Waals surface area contributed by atoms with Crippen LogP contribution in [-0.2, 0) is 0 Å². The van der Waals surface area contributed by atoms with Crippen molar-refractivity contribution in [1.29, 1.82) is 0 Å². The molecule has 0 aliphatic carbocycles. The Balaban J connectivity index is 1.45. The number of halogens is 3. The van der Waals surface area contributed by atoms with E-state index in [1.54, 1.807) is 0 Å². The predicted octanol–water partition coefficient (Wildman–Crippen LogP) is 3.52. The van der Waals surface area contributed by atoms with Gasteiger partial charge >= 0.3 is 0 Å². The van der Waals surface area contributed by atoms with E-state index in [2.05, 4.69) is 16.0 Å². The summed E-state index contributed by atoms with van der Waals surface area (Å²) >= 11 is 0. The van der Waals surface area contributed by atoms with E-state index in [1.165, 1.54) is 48.5 Å². The van der Waals surface area contributed by atoms with Crippen molar-refractivity contribution in [2.45, 2.75) is 0 Å². The minimum absolute atomic E-state index is 0.0349. The summed E-state index contributed by atoms with van der Waals surface area (Å²) < 4.78 is 39.4. The smallest absolute Gasteiger partial charge is 0.255 e. The predicted molar refractivity (Wildman–Crippen MR) is 112 cm³/mol. The molecule has 32 heavy (non-hydrogen) atoms. The molecule has 0 fully saturated rings. The normalized spacial score (nSPS) is 10.3. The molecule has 0 aliphatic heterocycles. The average Bonchev–Trinajstić information content (AvgIpc) is 2.77. The molecular formula is C23H18F3N3O3. The monoisotopic (exact) mass is 441 g/mol. The summed E-state index contributed by atoms with van der Waals surface area (Å²) in [6.07, 6.45) is 0. The standard InChI is InChI=1S/C23H18F3N3O3/c24-16-5-1-15(2-6-16)22(31)29-18-8-3-14(4-9-18)21(30)27-11-12-28-23(32)19-10-7-17(25)13-20(19)26/h1-10,13H,11-12H2,(H,27,30)(H,28,32)(H,29,31). The van der Waals surface area contributed by atoms with Gasteiger partial charge in [-0.15, -0.1) is 0 Å². The van der Waals surface area contributed by atoms with Gasteiger partial charge in [-0.3, -0.25) is 14.4 Å². The maximum Gasteiger partial charge on any atom is 0.255 e. The highest BCUT2D eigenvalue weighted by Gasteiger charge is 2.12. The zero-order chi connectivity index (χ0) is 23.1. The molecule has 0 radical (unpaired) electrons. The lowest BCUT2D eigenvalue weighted by atomic mass is 10.1. The first-order valence-electron chi connectivity index (χ1n) is 9.52. The van der Waals surface area contributed by atoms with Crippen molar-refractivity contribution in [2.75, 3.05) is 18.4 Å². The molecule has 3 amide bonds. The molecule has 0 spiro atoms. The Morgan fingerprint density at radius 2 is 1.16 bits per heavy atom. The number of benzene rings is 3. The second kappa shape index (κ2) is 10.3. The van der Waals surface area contributed by atoms with Gasteiger partial charge in [-0.25, -0.2) is 13.2 Å². The summed E-state index contributed by atoms with van der Waals surface area (Å²) in [7, 11) is 0. The number of hydrogen-bond acceptors (Lipinski definition) is 3. The number of amides is 3. The number of nitrogens with one attached hydrogen (secondary N) is 3. The van der Waals surface area contributed by atoms with Crippen LogP contribution < -0.4 is 16.0 Å². The Morgan fingerprint density at radius 1 is 0.625 bits per heavy atom. The van der Waals surface area contributed by atoms with E-state index in [0.717, 1.165) is 12.1 Å². The van der Waals surface area contributed by atoms with E-state index in [9.17, 15) is 27.6 Å². The van der Waals surface area contributed by atoms with E-state index in [4.69, 9.17) is 0 Å². The van der Waals surface area contributed by atoms with Crippen molar-refractivity contribution in [1.82, 2.24) is 10.6 Å². The van der Waals surface area contributed by atoms with Crippen LogP contribution in [0.1, 0.15) is 31.1 Å². The fraction of sp³-hybridized carbons (Fsp3) is 0.0870. The lowest BCUT2D eigenvalue weighted by Crippen LogP contribution is -2.35. The Hall–Kier alpha value is -4.14. The first-order chi connectivity index (χ1) is 15.3. The first kappa shape index (κ1) is 22.5. The van der Waals surface area contributed by atoms with Gasteiger partial charge in [-0.05, 0) is 60.7 Å². The number of carbonyl (C=O) groups is 3. The van der Waals surface area contributed by atoms with E-state index in [-0.39, 0.29) is 24.2 Å². The molecule has 164 valence electrons. The third-order valence-electron chi connectivity index (χ3n) is 4.38. The van der Waals surface area contributed by atoms with E-state index in [0.29, 0.717) is 17.3 Å². The summed E-state index contributed by atoms with van der Waals surface area (Å²) in [6.45, 7) is 0.115. The highest BCUT2D eigenvalue weighted by Crippen LogP contribution is 2.12. The molecule has 0 bridgehead atoms. The summed E-state index contributed by atoms with van der Waals surface area (Å²) in [6, 6.07) is 13.8. The van der Waals surface area contributed by atoms with Crippen molar-refractivity contribution in [3.63, 3.8) is 0 Å². The van der Waals surface area contributed by atoms with Gasteiger partial charge in [0.1, 0.15) is 17.5 Å². The lowest BCUT2D eigenvalue weighted by Gasteiger charge is -2.09. The molecule has 3 aromatic rings. The minimum atomic E-state index is -0.974. The van der Waals surface area contributed by atoms with Crippen molar-refractivity contribution < 1.29 is 27.6 Å². The fourth-order valence-corrected chi connectivity index (χ4v) is 2.73. The van der Waals surface area contributed by atoms with Gasteiger partial charge < -0.3 is 16.0 Å². The molecular weight excluding hydrogens is 423 g/mol. The number of hydrogen-bond donors (Lipinski definition) is 3. The molecule has 0 aliphatic rings. The largest absolute Gasteiger partial charge is 0.350 e. The Morgan fingerprint density at radius 3 is 1.78 bits per heavy atom. The van der Waals surface area contributed by atoms with Crippen LogP contribution in [0.15, 0.2) is 66.7 Å². The second-order valence-electron chi connectivity index (χ2n) is 6.67. The maximum absolute atomic E-state index is 13.6. The van der Waals surface area contributed by atoms with E-state index < -0.39 is 35.2 Å². The van der Waals surface area contributed by atoms with Crippen LogP contribution in [0.5, 0.6) is 0 Å². The van der Waals surface area contributed by atoms with Gasteiger partial charge in [0.15, 0.2) is 0 Å². The van der Waals surface area contributed by atoms with Crippen molar-refractivity contribution in [3.05, 3.63) is 101 Å². The Kier molecular flexibility index (Phi) is 7.22. The van der Waals surface area contributed by atoms with Gasteiger partial charge in [0.2, 0.25) is 0 Å². The van der Waals surface area contributed by atoms with Crippen LogP contribution in [-0.4, -0.2) is 30.8 Å². The molecule has 6 nitrogen and oxygen atoms in total. The number of rotatable bonds is 7. The highest BCUT2D eigenvalue weighted by atomic mass is 19.1. The third kappa shape index (κ3) is 5.94. The van der Waals surface area contributed by atoms with Gasteiger partial charge in [0.25, 0.3) is 17.7 Å². The zero-order valence-electron chi connectivity index (χ0n) is 16.6. The lowest BCUT2D eigenvalue weighted by molar-refractivity contribution is 0.0925. The second-order valence-corrected chi connectivity index (χ2v) is 6.67. The van der Waals surface area contributed by atoms with Crippen LogP contribution in [0.4, 0.5) is 18.9 Å². The molecule has 0 heterocycles. The topological polar surface area (TPSA) is 87.3 Å². The van der Waals surface area contributed by atoms with Crippen LogP contribution in [0.25, 0.3) is 0 Å². The molecule has 9 heteroatoms. The van der Waals surface area contributed by atoms with Gasteiger partial charge in [-0.2, -0.15) is 0 Å².